The molecule has 4 aliphatic carbocycles. The second kappa shape index (κ2) is 8.42. The zero-order valence-corrected chi connectivity index (χ0v) is 27.9. The normalized spacial score (nSPS) is 16.2. The lowest BCUT2D eigenvalue weighted by Gasteiger charge is -2.32. The molecule has 0 bridgehead atoms. The maximum Gasteiger partial charge on any atom is 0.0739 e. The van der Waals surface area contributed by atoms with Gasteiger partial charge in [-0.15, -0.1) is 0 Å². The predicted molar refractivity (Wildman–Crippen MR) is 211 cm³/mol. The van der Waals surface area contributed by atoms with Gasteiger partial charge in [0.05, 0.1) is 33.0 Å². The summed E-state index contributed by atoms with van der Waals surface area (Å²) in [6.45, 7) is 0. The average Bonchev–Trinajstić information content (AvgIpc) is 4.01. The molecule has 0 fully saturated rings. The van der Waals surface area contributed by atoms with Gasteiger partial charge in [0.2, 0.25) is 0 Å². The topological polar surface area (TPSA) is 8.82 Å². The zero-order valence-electron chi connectivity index (χ0n) is 27.9. The molecule has 0 unspecified atom stereocenters. The quantitative estimate of drug-likeness (QED) is 0.155. The number of aryl methyl sites for hydroxylation is 2. The highest BCUT2D eigenvalue weighted by molar-refractivity contribution is 6.22. The average molecular weight is 647 g/mol. The number of rotatable bonds is 0. The van der Waals surface area contributed by atoms with E-state index in [1.54, 1.807) is 0 Å². The van der Waals surface area contributed by atoms with E-state index < -0.39 is 5.41 Å². The van der Waals surface area contributed by atoms with E-state index in [0.717, 1.165) is 25.7 Å². The number of hydrogen-bond acceptors (Lipinski definition) is 0. The molecular formula is C49H30N2. The van der Waals surface area contributed by atoms with Gasteiger partial charge in [-0.3, -0.25) is 0 Å². The highest BCUT2D eigenvalue weighted by atomic mass is 14.9. The van der Waals surface area contributed by atoms with Crippen LogP contribution >= 0.6 is 0 Å². The molecule has 10 aromatic rings. The Balaban J connectivity index is 1.26. The van der Waals surface area contributed by atoms with Crippen LogP contribution in [0.15, 0.2) is 121 Å². The molecule has 51 heavy (non-hydrogen) atoms. The van der Waals surface area contributed by atoms with Crippen LogP contribution in [0.3, 0.4) is 0 Å². The lowest BCUT2D eigenvalue weighted by molar-refractivity contribution is 0.808. The van der Waals surface area contributed by atoms with Gasteiger partial charge >= 0.3 is 0 Å². The highest BCUT2D eigenvalue weighted by Crippen LogP contribution is 2.66. The Morgan fingerprint density at radius 3 is 1.96 bits per heavy atom. The van der Waals surface area contributed by atoms with Crippen LogP contribution in [-0.4, -0.2) is 8.80 Å². The molecule has 0 saturated heterocycles. The van der Waals surface area contributed by atoms with Gasteiger partial charge in [0.15, 0.2) is 0 Å². The zero-order chi connectivity index (χ0) is 32.7. The molecule has 0 amide bonds. The molecule has 1 spiro atoms. The Labute approximate surface area is 293 Å². The first-order chi connectivity index (χ1) is 25.4. The third-order valence-corrected chi connectivity index (χ3v) is 13.3. The maximum atomic E-state index is 2.61. The fraction of sp³-hybridized carbons (Fsp3) is 0.102. The number of fused-ring (bicyclic) bond motifs is 24. The second-order valence-electron chi connectivity index (χ2n) is 15.3. The molecule has 14 rings (SSSR count). The van der Waals surface area contributed by atoms with E-state index in [1.165, 1.54) is 121 Å². The van der Waals surface area contributed by atoms with Gasteiger partial charge in [-0.2, -0.15) is 0 Å². The number of hydrogen-bond donors (Lipinski definition) is 0. The first-order valence-electron chi connectivity index (χ1n) is 18.6. The lowest BCUT2D eigenvalue weighted by atomic mass is 9.68. The van der Waals surface area contributed by atoms with Crippen LogP contribution in [0.2, 0.25) is 0 Å². The van der Waals surface area contributed by atoms with Gasteiger partial charge in [0.25, 0.3) is 0 Å². The summed E-state index contributed by atoms with van der Waals surface area (Å²) in [6, 6.07) is 44.6. The third kappa shape index (κ3) is 2.61. The minimum atomic E-state index is -0.454. The fourth-order valence-corrected chi connectivity index (χ4v) is 11.7. The van der Waals surface area contributed by atoms with Crippen molar-refractivity contribution < 1.29 is 0 Å². The lowest BCUT2D eigenvalue weighted by Crippen LogP contribution is -2.26. The number of allylic oxidation sites excluding steroid dienone is 1. The number of benzene rings is 6. The maximum absolute atomic E-state index is 2.61. The largest absolute Gasteiger partial charge is 0.308 e. The van der Waals surface area contributed by atoms with E-state index in [2.05, 4.69) is 142 Å². The first kappa shape index (κ1) is 25.8. The van der Waals surface area contributed by atoms with E-state index >= 15 is 0 Å². The summed E-state index contributed by atoms with van der Waals surface area (Å²) in [4.78, 5) is 0. The Hall–Kier alpha value is -6.12. The third-order valence-electron chi connectivity index (χ3n) is 13.3. The summed E-state index contributed by atoms with van der Waals surface area (Å²) in [7, 11) is 0. The molecule has 0 aliphatic heterocycles. The van der Waals surface area contributed by atoms with Gasteiger partial charge in [-0.1, -0.05) is 109 Å². The molecule has 4 heterocycles. The molecule has 4 aromatic heterocycles. The monoisotopic (exact) mass is 646 g/mol. The molecule has 2 nitrogen and oxygen atoms in total. The van der Waals surface area contributed by atoms with Crippen LogP contribution in [0, 0.1) is 0 Å². The van der Waals surface area contributed by atoms with Crippen molar-refractivity contribution in [2.45, 2.75) is 31.1 Å². The Bertz CT molecular complexity index is 3320. The van der Waals surface area contributed by atoms with Crippen molar-refractivity contribution in [1.82, 2.24) is 8.80 Å². The molecule has 2 heteroatoms. The Morgan fingerprint density at radius 1 is 0.471 bits per heavy atom. The highest BCUT2D eigenvalue weighted by Gasteiger charge is 2.54. The van der Waals surface area contributed by atoms with E-state index in [4.69, 9.17) is 0 Å². The molecule has 0 saturated carbocycles. The van der Waals surface area contributed by atoms with E-state index in [9.17, 15) is 0 Å². The Morgan fingerprint density at radius 2 is 1.14 bits per heavy atom. The molecule has 4 aliphatic rings. The van der Waals surface area contributed by atoms with Crippen molar-refractivity contribution >= 4 is 66.7 Å². The smallest absolute Gasteiger partial charge is 0.0739 e. The molecule has 236 valence electrons. The first-order valence-corrected chi connectivity index (χ1v) is 18.6. The van der Waals surface area contributed by atoms with Crippen molar-refractivity contribution in [2.75, 3.05) is 0 Å². The molecule has 0 radical (unpaired) electrons. The van der Waals surface area contributed by atoms with E-state index in [1.807, 2.05) is 0 Å². The summed E-state index contributed by atoms with van der Waals surface area (Å²) in [5.41, 5.74) is 22.0. The second-order valence-corrected chi connectivity index (χ2v) is 15.3. The van der Waals surface area contributed by atoms with Crippen LogP contribution in [0.25, 0.3) is 88.9 Å². The van der Waals surface area contributed by atoms with Crippen molar-refractivity contribution in [2.24, 2.45) is 0 Å². The number of aromatic nitrogens is 2. The SMILES string of the molecule is C1=Cc2c(c3cccc4c5c6c(ccc5n2c34)-c2ccc3c(c2C62c4ccccc4-c4ccccc42)c2c4c(c5ccccc5n43)=CCC2)CC1. The molecular weight excluding hydrogens is 617 g/mol. The van der Waals surface area contributed by atoms with Gasteiger partial charge < -0.3 is 8.80 Å². The minimum absolute atomic E-state index is 0.454. The van der Waals surface area contributed by atoms with Crippen LogP contribution in [0.1, 0.15) is 51.9 Å². The van der Waals surface area contributed by atoms with Crippen LogP contribution in [0.5, 0.6) is 0 Å². The van der Waals surface area contributed by atoms with Crippen molar-refractivity contribution in [3.8, 4) is 22.3 Å². The predicted octanol–water partition coefficient (Wildman–Crippen LogP) is 11.0. The summed E-state index contributed by atoms with van der Waals surface area (Å²) in [5.74, 6) is 0. The standard InChI is InChI=1S/C49H30N2/c1-5-19-37-27(11-1)28-12-2-6-20-38(28)49(37)45-31(23-25-41-43(45)35-17-9-15-33-29-13-3-7-21-39(29)50(41)47(33)35)32-24-26-42-44(46(32)49)36-18-10-16-34-30-14-4-8-22-40(30)51(42)48(34)36/h1-3,5-8,10-13,15-16,18-26H,4,9,14,17H2. The minimum Gasteiger partial charge on any atom is -0.308 e. The number of nitrogens with zero attached hydrogens (tertiary/aromatic N) is 2. The van der Waals surface area contributed by atoms with Crippen molar-refractivity contribution in [1.29, 1.82) is 0 Å². The summed E-state index contributed by atoms with van der Waals surface area (Å²) < 4.78 is 5.21. The number of para-hydroxylation sites is 2. The summed E-state index contributed by atoms with van der Waals surface area (Å²) >= 11 is 0. The molecule has 0 N–H and O–H groups in total. The van der Waals surface area contributed by atoms with E-state index in [-0.39, 0.29) is 0 Å². The Kier molecular flexibility index (Phi) is 4.26. The summed E-state index contributed by atoms with van der Waals surface area (Å²) in [5, 5.41) is 8.47. The van der Waals surface area contributed by atoms with Crippen molar-refractivity contribution in [3.63, 3.8) is 0 Å². The fourth-order valence-electron chi connectivity index (χ4n) is 11.7. The van der Waals surface area contributed by atoms with Gasteiger partial charge in [-0.25, -0.2) is 0 Å². The van der Waals surface area contributed by atoms with Gasteiger partial charge in [0, 0.05) is 37.8 Å². The van der Waals surface area contributed by atoms with Gasteiger partial charge in [0.1, 0.15) is 0 Å². The summed E-state index contributed by atoms with van der Waals surface area (Å²) in [6.07, 6.45) is 11.6. The van der Waals surface area contributed by atoms with Crippen LogP contribution in [0.4, 0.5) is 0 Å². The molecule has 0 atom stereocenters. The van der Waals surface area contributed by atoms with Crippen molar-refractivity contribution in [3.05, 3.63) is 166 Å². The van der Waals surface area contributed by atoms with E-state index in [0.29, 0.717) is 0 Å². The van der Waals surface area contributed by atoms with Crippen LogP contribution < -0.4 is 5.22 Å². The van der Waals surface area contributed by atoms with Gasteiger partial charge in [-0.05, 0) is 106 Å². The van der Waals surface area contributed by atoms with Crippen LogP contribution in [-0.2, 0) is 18.3 Å². The molecule has 6 aromatic carbocycles.